The minimum Gasteiger partial charge on any atom is -0.497 e. The SMILES string of the molecule is CC(C)(C)OOC(=O)c1ccccc1C=C(c1ccccc1)c1ccccc1.COc1ccc(C(=O)OO)c(C(C)(C)C)c1. The Morgan fingerprint density at radius 2 is 1.23 bits per heavy atom. The van der Waals surface area contributed by atoms with E-state index in [9.17, 15) is 9.59 Å². The molecular formula is C37H40O7. The van der Waals surface area contributed by atoms with Crippen LogP contribution in [0.5, 0.6) is 5.75 Å². The molecule has 0 bridgehead atoms. The molecule has 0 amide bonds. The highest BCUT2D eigenvalue weighted by Crippen LogP contribution is 2.30. The number of rotatable bonds is 7. The Morgan fingerprint density at radius 3 is 1.73 bits per heavy atom. The molecule has 230 valence electrons. The Morgan fingerprint density at radius 1 is 0.682 bits per heavy atom. The molecule has 4 rings (SSSR count). The third-order valence-electron chi connectivity index (χ3n) is 6.36. The van der Waals surface area contributed by atoms with Gasteiger partial charge in [-0.2, -0.15) is 10.1 Å². The zero-order valence-corrected chi connectivity index (χ0v) is 26.3. The Balaban J connectivity index is 0.000000281. The number of carbonyl (C=O) groups excluding carboxylic acids is 2. The van der Waals surface area contributed by atoms with E-state index >= 15 is 0 Å². The van der Waals surface area contributed by atoms with Crippen LogP contribution in [0.1, 0.15) is 84.5 Å². The van der Waals surface area contributed by atoms with Crippen molar-refractivity contribution in [3.63, 3.8) is 0 Å². The first-order valence-electron chi connectivity index (χ1n) is 14.2. The summed E-state index contributed by atoms with van der Waals surface area (Å²) < 4.78 is 5.10. The van der Waals surface area contributed by atoms with Crippen molar-refractivity contribution in [2.45, 2.75) is 52.6 Å². The van der Waals surface area contributed by atoms with Crippen LogP contribution < -0.4 is 4.74 Å². The second-order valence-corrected chi connectivity index (χ2v) is 12.0. The molecule has 0 aliphatic heterocycles. The van der Waals surface area contributed by atoms with Crippen molar-refractivity contribution in [3.8, 4) is 5.75 Å². The molecule has 0 aliphatic rings. The minimum absolute atomic E-state index is 0.238. The fourth-order valence-corrected chi connectivity index (χ4v) is 4.24. The summed E-state index contributed by atoms with van der Waals surface area (Å²) in [6, 6.07) is 32.6. The minimum atomic E-state index is -0.757. The second-order valence-electron chi connectivity index (χ2n) is 12.0. The molecule has 0 spiro atoms. The van der Waals surface area contributed by atoms with Gasteiger partial charge in [-0.3, -0.25) is 9.78 Å². The Bertz CT molecular complexity index is 1520. The molecule has 0 fully saturated rings. The maximum Gasteiger partial charge on any atom is 0.373 e. The van der Waals surface area contributed by atoms with E-state index in [1.807, 2.05) is 102 Å². The number of ether oxygens (including phenoxy) is 1. The van der Waals surface area contributed by atoms with Crippen molar-refractivity contribution < 1.29 is 34.2 Å². The summed E-state index contributed by atoms with van der Waals surface area (Å²) in [4.78, 5) is 38.0. The Kier molecular flexibility index (Phi) is 11.6. The van der Waals surface area contributed by atoms with E-state index in [1.54, 1.807) is 31.4 Å². The van der Waals surface area contributed by atoms with E-state index in [2.05, 4.69) is 29.2 Å². The lowest BCUT2D eigenvalue weighted by Crippen LogP contribution is -2.22. The van der Waals surface area contributed by atoms with Gasteiger partial charge in [-0.25, -0.2) is 9.59 Å². The van der Waals surface area contributed by atoms with Gasteiger partial charge in [0.05, 0.1) is 18.2 Å². The van der Waals surface area contributed by atoms with Gasteiger partial charge in [0.1, 0.15) is 11.4 Å². The van der Waals surface area contributed by atoms with Crippen molar-refractivity contribution in [3.05, 3.63) is 137 Å². The monoisotopic (exact) mass is 596 g/mol. The van der Waals surface area contributed by atoms with Crippen LogP contribution in [-0.2, 0) is 20.1 Å². The first-order valence-corrected chi connectivity index (χ1v) is 14.2. The van der Waals surface area contributed by atoms with E-state index in [0.717, 1.165) is 27.8 Å². The molecule has 0 saturated heterocycles. The van der Waals surface area contributed by atoms with Crippen molar-refractivity contribution in [2.24, 2.45) is 0 Å². The van der Waals surface area contributed by atoms with Crippen molar-refractivity contribution >= 4 is 23.6 Å². The summed E-state index contributed by atoms with van der Waals surface area (Å²) in [6.45, 7) is 11.4. The standard InChI is InChI=1S/C25H24O3.C12H16O4/c1-25(2,3)28-27-24(26)22-17-11-10-16-21(22)18-23(19-12-6-4-7-13-19)20-14-8-5-9-15-20;1-12(2,3)10-7-8(15-4)5-6-9(10)11(13)16-14/h4-18H,1-3H3;5-7,14H,1-4H3. The second kappa shape index (κ2) is 15.1. The van der Waals surface area contributed by atoms with E-state index in [1.165, 1.54) is 0 Å². The van der Waals surface area contributed by atoms with Gasteiger partial charge in [0, 0.05) is 0 Å². The smallest absolute Gasteiger partial charge is 0.373 e. The van der Waals surface area contributed by atoms with Gasteiger partial charge >= 0.3 is 11.9 Å². The molecule has 0 aliphatic carbocycles. The van der Waals surface area contributed by atoms with Crippen LogP contribution in [-0.4, -0.2) is 29.9 Å². The fraction of sp³-hybridized carbons (Fsp3) is 0.243. The maximum atomic E-state index is 12.6. The summed E-state index contributed by atoms with van der Waals surface area (Å²) >= 11 is 0. The van der Waals surface area contributed by atoms with Crippen LogP contribution in [0.2, 0.25) is 0 Å². The highest BCUT2D eigenvalue weighted by atomic mass is 17.2. The largest absolute Gasteiger partial charge is 0.497 e. The zero-order valence-electron chi connectivity index (χ0n) is 26.3. The van der Waals surface area contributed by atoms with Crippen LogP contribution in [0.15, 0.2) is 103 Å². The van der Waals surface area contributed by atoms with Crippen LogP contribution in [0.4, 0.5) is 0 Å². The van der Waals surface area contributed by atoms with Gasteiger partial charge in [0.2, 0.25) is 0 Å². The highest BCUT2D eigenvalue weighted by molar-refractivity contribution is 5.98. The van der Waals surface area contributed by atoms with Gasteiger partial charge in [-0.15, -0.1) is 0 Å². The topological polar surface area (TPSA) is 91.3 Å². The van der Waals surface area contributed by atoms with Gasteiger partial charge in [-0.1, -0.05) is 99.6 Å². The number of carbonyl (C=O) groups is 2. The average molecular weight is 597 g/mol. The molecule has 7 heteroatoms. The van der Waals surface area contributed by atoms with E-state index in [0.29, 0.717) is 16.9 Å². The fourth-order valence-electron chi connectivity index (χ4n) is 4.24. The summed E-state index contributed by atoms with van der Waals surface area (Å²) in [5.41, 5.74) is 4.70. The maximum absolute atomic E-state index is 12.6. The van der Waals surface area contributed by atoms with Gasteiger partial charge in [0.15, 0.2) is 0 Å². The van der Waals surface area contributed by atoms with E-state index in [4.69, 9.17) is 19.8 Å². The van der Waals surface area contributed by atoms with Gasteiger partial charge < -0.3 is 4.74 Å². The molecule has 4 aromatic rings. The molecule has 0 heterocycles. The summed E-state index contributed by atoms with van der Waals surface area (Å²) in [7, 11) is 1.56. The van der Waals surface area contributed by atoms with Crippen molar-refractivity contribution in [1.29, 1.82) is 0 Å². The van der Waals surface area contributed by atoms with Gasteiger partial charge in [0.25, 0.3) is 0 Å². The van der Waals surface area contributed by atoms with Crippen molar-refractivity contribution in [1.82, 2.24) is 0 Å². The molecule has 7 nitrogen and oxygen atoms in total. The number of hydrogen-bond acceptors (Lipinski definition) is 7. The first-order chi connectivity index (χ1) is 20.8. The summed E-state index contributed by atoms with van der Waals surface area (Å²) in [5, 5.41) is 8.42. The molecule has 4 aromatic carbocycles. The molecule has 0 atom stereocenters. The lowest BCUT2D eigenvalue weighted by atomic mass is 9.83. The Labute approximate surface area is 259 Å². The van der Waals surface area contributed by atoms with E-state index in [-0.39, 0.29) is 5.41 Å². The quantitative estimate of drug-likeness (QED) is 0.130. The third-order valence-corrected chi connectivity index (χ3v) is 6.36. The first kappa shape index (κ1) is 33.8. The summed E-state index contributed by atoms with van der Waals surface area (Å²) in [6.07, 6.45) is 2.01. The van der Waals surface area contributed by atoms with Crippen LogP contribution in [0, 0.1) is 0 Å². The molecule has 44 heavy (non-hydrogen) atoms. The Hall–Kier alpha value is -4.72. The van der Waals surface area contributed by atoms with Gasteiger partial charge in [-0.05, 0) is 84.4 Å². The predicted octanol–water partition coefficient (Wildman–Crippen LogP) is 8.78. The van der Waals surface area contributed by atoms with Crippen LogP contribution in [0.25, 0.3) is 11.6 Å². The average Bonchev–Trinajstić information content (AvgIpc) is 3.02. The lowest BCUT2D eigenvalue weighted by Gasteiger charge is -2.22. The van der Waals surface area contributed by atoms with Crippen LogP contribution in [0.3, 0.4) is 0 Å². The number of methoxy groups -OCH3 is 1. The molecule has 1 N–H and O–H groups in total. The normalized spacial score (nSPS) is 11.0. The predicted molar refractivity (Wildman–Crippen MR) is 172 cm³/mol. The molecule has 0 saturated carbocycles. The molecule has 0 aromatic heterocycles. The lowest BCUT2D eigenvalue weighted by molar-refractivity contribution is -0.301. The molecular weight excluding hydrogens is 556 g/mol. The number of hydrogen-bond donors (Lipinski definition) is 1. The molecule has 0 radical (unpaired) electrons. The zero-order chi connectivity index (χ0) is 32.3. The van der Waals surface area contributed by atoms with Crippen LogP contribution >= 0.6 is 0 Å². The highest BCUT2D eigenvalue weighted by Gasteiger charge is 2.23. The van der Waals surface area contributed by atoms with E-state index < -0.39 is 17.5 Å². The van der Waals surface area contributed by atoms with Crippen molar-refractivity contribution in [2.75, 3.05) is 7.11 Å². The summed E-state index contributed by atoms with van der Waals surface area (Å²) in [5.74, 6) is -0.603. The molecule has 0 unspecified atom stereocenters. The third kappa shape index (κ3) is 9.66. The number of benzene rings is 4.